The van der Waals surface area contributed by atoms with Crippen LogP contribution in [0, 0.1) is 6.92 Å². The summed E-state index contributed by atoms with van der Waals surface area (Å²) in [5, 5.41) is 16.5. The van der Waals surface area contributed by atoms with Crippen molar-refractivity contribution in [2.24, 2.45) is 0 Å². The zero-order valence-electron chi connectivity index (χ0n) is 10.1. The van der Waals surface area contributed by atoms with Gasteiger partial charge in [-0.1, -0.05) is 5.16 Å². The van der Waals surface area contributed by atoms with Crippen LogP contribution in [0.5, 0.6) is 5.75 Å². The molecule has 6 nitrogen and oxygen atoms in total. The lowest BCUT2D eigenvalue weighted by Crippen LogP contribution is -1.90. The van der Waals surface area contributed by atoms with Crippen molar-refractivity contribution in [1.29, 1.82) is 0 Å². The molecule has 0 unspecified atom stereocenters. The van der Waals surface area contributed by atoms with E-state index in [2.05, 4.69) is 20.1 Å². The van der Waals surface area contributed by atoms with E-state index in [4.69, 9.17) is 4.52 Å². The number of thiazole rings is 1. The molecule has 7 heteroatoms. The van der Waals surface area contributed by atoms with Crippen molar-refractivity contribution in [3.05, 3.63) is 40.4 Å². The molecule has 3 rings (SSSR count). The van der Waals surface area contributed by atoms with Gasteiger partial charge < -0.3 is 9.63 Å². The van der Waals surface area contributed by atoms with Crippen LogP contribution >= 0.6 is 11.3 Å². The first-order valence-electron chi connectivity index (χ1n) is 5.59. The quantitative estimate of drug-likeness (QED) is 0.788. The molecule has 0 spiro atoms. The van der Waals surface area contributed by atoms with E-state index in [-0.39, 0.29) is 11.6 Å². The van der Waals surface area contributed by atoms with Crippen LogP contribution in [-0.4, -0.2) is 25.2 Å². The molecule has 1 N–H and O–H groups in total. The Bertz CT molecular complexity index is 707. The van der Waals surface area contributed by atoms with Gasteiger partial charge in [0.25, 0.3) is 5.89 Å². The Labute approximate surface area is 112 Å². The second-order valence-corrected chi connectivity index (χ2v) is 4.91. The monoisotopic (exact) mass is 274 g/mol. The maximum Gasteiger partial charge on any atom is 0.261 e. The van der Waals surface area contributed by atoms with Crippen LogP contribution in [0.4, 0.5) is 0 Å². The first kappa shape index (κ1) is 11.8. The number of aromatic hydroxyl groups is 1. The summed E-state index contributed by atoms with van der Waals surface area (Å²) in [5.41, 5.74) is 1.46. The Hall–Kier alpha value is -2.28. The van der Waals surface area contributed by atoms with Crippen LogP contribution in [0.2, 0.25) is 0 Å². The number of pyridine rings is 1. The molecule has 0 aromatic carbocycles. The molecule has 3 aromatic heterocycles. The molecule has 0 radical (unpaired) electrons. The Morgan fingerprint density at radius 3 is 3.00 bits per heavy atom. The summed E-state index contributed by atoms with van der Waals surface area (Å²) >= 11 is 1.56. The second kappa shape index (κ2) is 4.77. The molecule has 0 saturated carbocycles. The van der Waals surface area contributed by atoms with Crippen LogP contribution in [-0.2, 0) is 6.42 Å². The molecule has 0 bridgehead atoms. The standard InChI is InChI=1S/C12H10N4O2S/c1-7-6-19-11(14-7)4-10-15-12(18-16-10)8-2-3-13-5-9(8)17/h2-3,5-6,17H,4H2,1H3. The summed E-state index contributed by atoms with van der Waals surface area (Å²) in [6.45, 7) is 1.94. The van der Waals surface area contributed by atoms with Crippen molar-refractivity contribution in [3.63, 3.8) is 0 Å². The highest BCUT2D eigenvalue weighted by Crippen LogP contribution is 2.26. The first-order valence-corrected chi connectivity index (χ1v) is 6.47. The highest BCUT2D eigenvalue weighted by molar-refractivity contribution is 7.09. The van der Waals surface area contributed by atoms with Crippen LogP contribution < -0.4 is 0 Å². The van der Waals surface area contributed by atoms with Gasteiger partial charge in [-0.05, 0) is 13.0 Å². The summed E-state index contributed by atoms with van der Waals surface area (Å²) in [7, 11) is 0. The van der Waals surface area contributed by atoms with Gasteiger partial charge in [-0.3, -0.25) is 4.98 Å². The minimum Gasteiger partial charge on any atom is -0.505 e. The van der Waals surface area contributed by atoms with Gasteiger partial charge in [-0.2, -0.15) is 4.98 Å². The smallest absolute Gasteiger partial charge is 0.261 e. The number of hydrogen-bond acceptors (Lipinski definition) is 7. The third kappa shape index (κ3) is 2.45. The fraction of sp³-hybridized carbons (Fsp3) is 0.167. The first-order chi connectivity index (χ1) is 9.22. The van der Waals surface area contributed by atoms with Crippen molar-refractivity contribution in [3.8, 4) is 17.2 Å². The Morgan fingerprint density at radius 1 is 1.37 bits per heavy atom. The minimum absolute atomic E-state index is 0.0165. The molecular weight excluding hydrogens is 264 g/mol. The maximum absolute atomic E-state index is 9.67. The Morgan fingerprint density at radius 2 is 2.26 bits per heavy atom. The van der Waals surface area contributed by atoms with Crippen molar-refractivity contribution in [1.82, 2.24) is 20.1 Å². The van der Waals surface area contributed by atoms with Crippen LogP contribution in [0.1, 0.15) is 16.5 Å². The molecule has 0 aliphatic heterocycles. The minimum atomic E-state index is 0.0165. The van der Waals surface area contributed by atoms with Gasteiger partial charge in [-0.25, -0.2) is 4.98 Å². The fourth-order valence-electron chi connectivity index (χ4n) is 1.62. The van der Waals surface area contributed by atoms with Gasteiger partial charge >= 0.3 is 0 Å². The van der Waals surface area contributed by atoms with Crippen LogP contribution in [0.25, 0.3) is 11.5 Å². The van der Waals surface area contributed by atoms with Crippen LogP contribution in [0.15, 0.2) is 28.4 Å². The molecule has 0 amide bonds. The topological polar surface area (TPSA) is 84.9 Å². The lowest BCUT2D eigenvalue weighted by Gasteiger charge is -1.95. The lowest BCUT2D eigenvalue weighted by molar-refractivity contribution is 0.418. The number of rotatable bonds is 3. The van der Waals surface area contributed by atoms with Gasteiger partial charge in [0.1, 0.15) is 10.8 Å². The molecule has 0 atom stereocenters. The summed E-state index contributed by atoms with van der Waals surface area (Å²) < 4.78 is 5.14. The largest absolute Gasteiger partial charge is 0.505 e. The van der Waals surface area contributed by atoms with Gasteiger partial charge in [0.15, 0.2) is 5.82 Å². The third-order valence-electron chi connectivity index (χ3n) is 2.47. The van der Waals surface area contributed by atoms with E-state index in [1.165, 1.54) is 6.20 Å². The predicted octanol–water partition coefficient (Wildman–Crippen LogP) is 2.19. The van der Waals surface area contributed by atoms with Crippen molar-refractivity contribution in [2.75, 3.05) is 0 Å². The number of aryl methyl sites for hydroxylation is 1. The van der Waals surface area contributed by atoms with E-state index in [0.29, 0.717) is 17.8 Å². The van der Waals surface area contributed by atoms with Gasteiger partial charge in [-0.15, -0.1) is 11.3 Å². The molecular formula is C12H10N4O2S. The third-order valence-corrected chi connectivity index (χ3v) is 3.44. The maximum atomic E-state index is 9.67. The fourth-order valence-corrected chi connectivity index (χ4v) is 2.39. The Balaban J connectivity index is 1.86. The van der Waals surface area contributed by atoms with Crippen molar-refractivity contribution in [2.45, 2.75) is 13.3 Å². The van der Waals surface area contributed by atoms with Crippen LogP contribution in [0.3, 0.4) is 0 Å². The Kier molecular flexibility index (Phi) is 2.96. The van der Waals surface area contributed by atoms with E-state index in [9.17, 15) is 5.11 Å². The summed E-state index contributed by atoms with van der Waals surface area (Å²) in [5.74, 6) is 0.839. The van der Waals surface area contributed by atoms with Gasteiger partial charge in [0.05, 0.1) is 18.2 Å². The zero-order valence-corrected chi connectivity index (χ0v) is 10.9. The van der Waals surface area contributed by atoms with Gasteiger partial charge in [0, 0.05) is 17.3 Å². The van der Waals surface area contributed by atoms with E-state index < -0.39 is 0 Å². The normalized spacial score (nSPS) is 10.8. The average Bonchev–Trinajstić information content (AvgIpc) is 3.00. The zero-order chi connectivity index (χ0) is 13.2. The SMILES string of the molecule is Cc1csc(Cc2noc(-c3ccncc3O)n2)n1. The van der Waals surface area contributed by atoms with Crippen molar-refractivity contribution >= 4 is 11.3 Å². The second-order valence-electron chi connectivity index (χ2n) is 3.97. The average molecular weight is 274 g/mol. The molecule has 3 aromatic rings. The van der Waals surface area contributed by atoms with E-state index >= 15 is 0 Å². The predicted molar refractivity (Wildman–Crippen MR) is 68.9 cm³/mol. The highest BCUT2D eigenvalue weighted by Gasteiger charge is 2.13. The lowest BCUT2D eigenvalue weighted by atomic mass is 10.2. The van der Waals surface area contributed by atoms with E-state index in [1.54, 1.807) is 23.6 Å². The highest BCUT2D eigenvalue weighted by atomic mass is 32.1. The summed E-state index contributed by atoms with van der Waals surface area (Å²) in [6.07, 6.45) is 3.42. The molecule has 0 saturated heterocycles. The molecule has 0 fully saturated rings. The number of hydrogen-bond donors (Lipinski definition) is 1. The molecule has 0 aliphatic carbocycles. The van der Waals surface area contributed by atoms with Crippen molar-refractivity contribution < 1.29 is 9.63 Å². The molecule has 19 heavy (non-hydrogen) atoms. The number of nitrogens with zero attached hydrogens (tertiary/aromatic N) is 4. The molecule has 0 aliphatic rings. The molecule has 3 heterocycles. The van der Waals surface area contributed by atoms with E-state index in [1.807, 2.05) is 12.3 Å². The van der Waals surface area contributed by atoms with E-state index in [0.717, 1.165) is 10.7 Å². The summed E-state index contributed by atoms with van der Waals surface area (Å²) in [6, 6.07) is 1.63. The number of aromatic nitrogens is 4. The van der Waals surface area contributed by atoms with Gasteiger partial charge in [0.2, 0.25) is 0 Å². The summed E-state index contributed by atoms with van der Waals surface area (Å²) in [4.78, 5) is 12.4. The molecule has 96 valence electrons.